The van der Waals surface area contributed by atoms with Crippen LogP contribution in [0.5, 0.6) is 0 Å². The van der Waals surface area contributed by atoms with Crippen LogP contribution in [-0.2, 0) is 46.7 Å². The standard InChI is InChI=1S/4C24H23.2C2H6Si.2ClH.2Zr/c4*1-4-16(2)20-14-19-9-7-11-22(23(19)15-20)24-17(3)12-13-18-8-5-6-10-21(18)24;2*1-3-2;;;;/h4*5-16H,4H2,1-3H3;2*1-2H3;2*1H;;/q4*-1;;;;;2*+2/p-2. The topological polar surface area (TPSA) is 0 Å². The molecular formula is C100H104Cl2Si2Zr2-2. The molecular weight excluding hydrogens is 1510 g/mol. The Labute approximate surface area is 676 Å². The van der Waals surface area contributed by atoms with Crippen LogP contribution < -0.4 is 24.8 Å². The van der Waals surface area contributed by atoms with Crippen LogP contribution in [0.2, 0.25) is 26.2 Å². The van der Waals surface area contributed by atoms with E-state index in [-0.39, 0.29) is 35.7 Å². The quantitative estimate of drug-likeness (QED) is 0.0845. The van der Waals surface area contributed by atoms with Gasteiger partial charge in [-0.3, -0.25) is 0 Å². The average molecular weight is 1620 g/mol. The maximum atomic E-state index is 2.40. The van der Waals surface area contributed by atoms with Gasteiger partial charge in [0.15, 0.2) is 0 Å². The second-order valence-corrected chi connectivity index (χ2v) is 48.3. The molecule has 16 aromatic carbocycles. The van der Waals surface area contributed by atoms with Gasteiger partial charge >= 0.3 is 83.7 Å². The van der Waals surface area contributed by atoms with Gasteiger partial charge < -0.3 is 24.8 Å². The van der Waals surface area contributed by atoms with Crippen molar-refractivity contribution >= 4 is 97.0 Å². The number of rotatable bonds is 12. The predicted octanol–water partition coefficient (Wildman–Crippen LogP) is 24.4. The van der Waals surface area contributed by atoms with Crippen molar-refractivity contribution in [1.29, 1.82) is 0 Å². The number of hydrogen-bond acceptors (Lipinski definition) is 0. The van der Waals surface area contributed by atoms with Crippen LogP contribution in [0.4, 0.5) is 0 Å². The molecule has 0 bridgehead atoms. The van der Waals surface area contributed by atoms with E-state index in [1.165, 1.54) is 201 Å². The van der Waals surface area contributed by atoms with Gasteiger partial charge in [-0.05, 0) is 139 Å². The molecule has 0 aliphatic heterocycles. The fourth-order valence-corrected chi connectivity index (χ4v) is 14.9. The molecule has 6 heteroatoms. The van der Waals surface area contributed by atoms with Gasteiger partial charge in [-0.25, -0.2) is 0 Å². The number of aryl methyl sites for hydroxylation is 4. The van der Waals surface area contributed by atoms with Crippen molar-refractivity contribution in [3.8, 4) is 44.5 Å². The zero-order valence-electron chi connectivity index (χ0n) is 65.3. The van der Waals surface area contributed by atoms with E-state index in [1.54, 1.807) is 46.7 Å². The summed E-state index contributed by atoms with van der Waals surface area (Å²) in [4.78, 5) is 0. The SMILES string of the molecule is CCC(C)c1cc2c(-c3c(C)ccc4ccccc34)cccc2[cH-]1.CCC(C)c1cc2c(-c3c(C)ccc4ccccc34)cccc2[cH-]1.CCC(C)c1cc2c(-c3c(C)ccc4ccccc34)cccc2[cH-]1.CCC(C)c1cc2c(-c3c(C)ccc4ccccc34)cccc2[cH-]1.C[Si](C)=[Zr+2].C[Si](C)=[Zr+2].[Cl-].[Cl-]. The van der Waals surface area contributed by atoms with E-state index in [0.29, 0.717) is 23.7 Å². The Balaban J connectivity index is 0.000000157. The summed E-state index contributed by atoms with van der Waals surface area (Å²) in [5, 5.41) is 21.6. The minimum atomic E-state index is 0. The van der Waals surface area contributed by atoms with Crippen molar-refractivity contribution in [3.05, 3.63) is 311 Å². The molecule has 16 aromatic rings. The first-order valence-electron chi connectivity index (χ1n) is 38.0. The van der Waals surface area contributed by atoms with Gasteiger partial charge in [-0.15, -0.1) is 138 Å². The molecule has 106 heavy (non-hydrogen) atoms. The van der Waals surface area contributed by atoms with Crippen LogP contribution in [0.25, 0.3) is 131 Å². The summed E-state index contributed by atoms with van der Waals surface area (Å²) in [7, 11) is 0. The fourth-order valence-electron chi connectivity index (χ4n) is 14.9. The van der Waals surface area contributed by atoms with E-state index < -0.39 is 0 Å². The van der Waals surface area contributed by atoms with Gasteiger partial charge in [0.1, 0.15) is 0 Å². The van der Waals surface area contributed by atoms with E-state index in [2.05, 4.69) is 376 Å². The predicted molar refractivity (Wildman–Crippen MR) is 459 cm³/mol. The van der Waals surface area contributed by atoms with Gasteiger partial charge in [0.2, 0.25) is 0 Å². The summed E-state index contributed by atoms with van der Waals surface area (Å²) in [6, 6.07) is 98.6. The second kappa shape index (κ2) is 38.3. The molecule has 4 atom stereocenters. The molecule has 0 radical (unpaired) electrons. The molecule has 0 saturated carbocycles. The van der Waals surface area contributed by atoms with Crippen LogP contribution in [-0.4, -0.2) is 10.9 Å². The first-order valence-corrected chi connectivity index (χ1v) is 50.3. The van der Waals surface area contributed by atoms with Crippen LogP contribution in [0, 0.1) is 27.7 Å². The zero-order valence-corrected chi connectivity index (χ0v) is 73.7. The number of halogens is 2. The molecule has 0 nitrogen and oxygen atoms in total. The van der Waals surface area contributed by atoms with Crippen LogP contribution in [0.3, 0.4) is 0 Å². The Morgan fingerprint density at radius 1 is 0.264 bits per heavy atom. The molecule has 0 fully saturated rings. The van der Waals surface area contributed by atoms with Crippen molar-refractivity contribution in [2.75, 3.05) is 0 Å². The smallest absolute Gasteiger partial charge is 1.00 e. The summed E-state index contributed by atoms with van der Waals surface area (Å²) in [6.45, 7) is 36.4. The third-order valence-corrected chi connectivity index (χ3v) is 21.4. The maximum Gasteiger partial charge on any atom is -1.00 e. The molecule has 0 aliphatic rings. The Morgan fingerprint density at radius 3 is 0.642 bits per heavy atom. The van der Waals surface area contributed by atoms with Gasteiger partial charge in [-0.1, -0.05) is 273 Å². The first kappa shape index (κ1) is 82.9. The monoisotopic (exact) mass is 1610 g/mol. The molecule has 0 aromatic heterocycles. The summed E-state index contributed by atoms with van der Waals surface area (Å²) in [5.41, 5.74) is 22.5. The molecule has 536 valence electrons. The minimum Gasteiger partial charge on any atom is -1.00 e. The summed E-state index contributed by atoms with van der Waals surface area (Å²) >= 11 is 3.48. The Hall–Kier alpha value is -7.10. The average Bonchev–Trinajstić information content (AvgIpc) is 1.51. The Bertz CT molecular complexity index is 5000. The fraction of sp³-hybridized carbons (Fsp3) is 0.240. The van der Waals surface area contributed by atoms with Gasteiger partial charge in [0, 0.05) is 0 Å². The summed E-state index contributed by atoms with van der Waals surface area (Å²) in [6.07, 6.45) is 4.72. The van der Waals surface area contributed by atoms with Crippen molar-refractivity contribution < 1.29 is 71.5 Å². The molecule has 0 spiro atoms. The number of fused-ring (bicyclic) bond motifs is 8. The third kappa shape index (κ3) is 18.9. The largest absolute Gasteiger partial charge is 1.00 e. The minimum absolute atomic E-state index is 0. The van der Waals surface area contributed by atoms with E-state index in [1.807, 2.05) is 0 Å². The Kier molecular flexibility index (Phi) is 30.0. The summed E-state index contributed by atoms with van der Waals surface area (Å²) in [5.74, 6) is 2.44. The molecule has 16 rings (SSSR count). The van der Waals surface area contributed by atoms with Gasteiger partial charge in [0.05, 0.1) is 0 Å². The van der Waals surface area contributed by atoms with Crippen LogP contribution >= 0.6 is 0 Å². The van der Waals surface area contributed by atoms with Crippen molar-refractivity contribution in [3.63, 3.8) is 0 Å². The molecule has 0 amide bonds. The van der Waals surface area contributed by atoms with Gasteiger partial charge in [0.25, 0.3) is 0 Å². The van der Waals surface area contributed by atoms with E-state index in [4.69, 9.17) is 0 Å². The van der Waals surface area contributed by atoms with E-state index in [9.17, 15) is 0 Å². The summed E-state index contributed by atoms with van der Waals surface area (Å²) < 4.78 is 0. The molecule has 0 N–H and O–H groups in total. The normalized spacial score (nSPS) is 12.1. The molecule has 0 saturated heterocycles. The maximum absolute atomic E-state index is 2.40. The first-order chi connectivity index (χ1) is 50.2. The Morgan fingerprint density at radius 2 is 0.453 bits per heavy atom. The molecule has 4 unspecified atom stereocenters. The van der Waals surface area contributed by atoms with Crippen LogP contribution in [0.15, 0.2) is 267 Å². The van der Waals surface area contributed by atoms with E-state index >= 15 is 0 Å². The molecule has 0 aliphatic carbocycles. The van der Waals surface area contributed by atoms with Gasteiger partial charge in [-0.2, -0.15) is 24.3 Å². The van der Waals surface area contributed by atoms with E-state index in [0.717, 1.165) is 0 Å². The van der Waals surface area contributed by atoms with Crippen molar-refractivity contribution in [1.82, 2.24) is 0 Å². The number of benzene rings is 12. The third-order valence-electron chi connectivity index (χ3n) is 21.4. The zero-order chi connectivity index (χ0) is 73.9. The van der Waals surface area contributed by atoms with Crippen LogP contribution in [0.1, 0.15) is 149 Å². The second-order valence-electron chi connectivity index (χ2n) is 29.5. The van der Waals surface area contributed by atoms with Crippen molar-refractivity contribution in [2.45, 2.75) is 159 Å². The number of hydrogen-bond donors (Lipinski definition) is 0. The van der Waals surface area contributed by atoms with Crippen molar-refractivity contribution in [2.24, 2.45) is 0 Å². The molecule has 0 heterocycles.